The van der Waals surface area contributed by atoms with E-state index in [1.807, 2.05) is 78.1 Å². The molecule has 6 heteroatoms. The Hall–Kier alpha value is -7.41. The van der Waals surface area contributed by atoms with Crippen molar-refractivity contribution in [3.8, 4) is 56.4 Å². The zero-order chi connectivity index (χ0) is 37.5. The van der Waals surface area contributed by atoms with E-state index < -0.39 is 0 Å². The lowest BCUT2D eigenvalue weighted by Gasteiger charge is -2.10. The van der Waals surface area contributed by atoms with Crippen LogP contribution in [-0.4, -0.2) is 15.0 Å². The highest BCUT2D eigenvalue weighted by molar-refractivity contribution is 7.26. The van der Waals surface area contributed by atoms with Gasteiger partial charge in [-0.2, -0.15) is 0 Å². The number of para-hydroxylation sites is 1. The lowest BCUT2D eigenvalue weighted by molar-refractivity contribution is 0.668. The predicted molar refractivity (Wildman–Crippen MR) is 234 cm³/mol. The third kappa shape index (κ3) is 5.19. The predicted octanol–water partition coefficient (Wildman–Crippen LogP) is 14.4. The molecule has 5 nitrogen and oxygen atoms in total. The molecule has 0 bridgehead atoms. The van der Waals surface area contributed by atoms with E-state index >= 15 is 0 Å². The van der Waals surface area contributed by atoms with Crippen LogP contribution >= 0.6 is 11.3 Å². The molecule has 0 amide bonds. The molecule has 8 aromatic carbocycles. The molecule has 57 heavy (non-hydrogen) atoms. The molecule has 0 unspecified atom stereocenters. The zero-order valence-corrected chi connectivity index (χ0v) is 31.1. The number of rotatable bonds is 5. The van der Waals surface area contributed by atoms with E-state index in [4.69, 9.17) is 23.8 Å². The Morgan fingerprint density at radius 3 is 1.82 bits per heavy atom. The molecule has 0 N–H and O–H groups in total. The van der Waals surface area contributed by atoms with Gasteiger partial charge in [0, 0.05) is 58.4 Å². The van der Waals surface area contributed by atoms with Gasteiger partial charge in [0.1, 0.15) is 22.3 Å². The van der Waals surface area contributed by atoms with Crippen molar-refractivity contribution in [2.45, 2.75) is 0 Å². The summed E-state index contributed by atoms with van der Waals surface area (Å²) < 4.78 is 15.3. The molecule has 266 valence electrons. The fourth-order valence-corrected chi connectivity index (χ4v) is 9.38. The summed E-state index contributed by atoms with van der Waals surface area (Å²) in [5, 5.41) is 6.63. The maximum absolute atomic E-state index is 6.54. The molecule has 0 saturated heterocycles. The first-order chi connectivity index (χ1) is 28.2. The number of aromatic nitrogens is 3. The molecule has 0 saturated carbocycles. The molecule has 12 rings (SSSR count). The summed E-state index contributed by atoms with van der Waals surface area (Å²) in [6, 6.07) is 61.0. The van der Waals surface area contributed by atoms with Gasteiger partial charge < -0.3 is 8.83 Å². The SMILES string of the molecule is c1ccc(-c2ccc3sc4cccc(-c5ccc6oc7cccc(-c8nc(-c9ccccc9)nc(-c9ccc%10c(c9)oc9ccccc9%10)n8)c7c6c5)c4c3c2)cc1. The van der Waals surface area contributed by atoms with Gasteiger partial charge in [0.05, 0.1) is 0 Å². The van der Waals surface area contributed by atoms with Gasteiger partial charge in [-0.15, -0.1) is 11.3 Å². The normalized spacial score (nSPS) is 11.9. The number of thiophene rings is 1. The molecule has 4 aromatic heterocycles. The molecule has 0 atom stereocenters. The topological polar surface area (TPSA) is 65.0 Å². The Labute approximate surface area is 330 Å². The van der Waals surface area contributed by atoms with Crippen LogP contribution in [-0.2, 0) is 0 Å². The Bertz CT molecular complexity index is 3530. The third-order valence-corrected chi connectivity index (χ3v) is 12.1. The Kier molecular flexibility index (Phi) is 7.03. The lowest BCUT2D eigenvalue weighted by Crippen LogP contribution is -2.00. The summed E-state index contributed by atoms with van der Waals surface area (Å²) in [4.78, 5) is 15.3. The van der Waals surface area contributed by atoms with Crippen molar-refractivity contribution >= 4 is 75.4 Å². The van der Waals surface area contributed by atoms with Crippen LogP contribution in [0.15, 0.2) is 185 Å². The maximum Gasteiger partial charge on any atom is 0.164 e. The first-order valence-corrected chi connectivity index (χ1v) is 19.7. The largest absolute Gasteiger partial charge is 0.456 e. The molecule has 4 heterocycles. The van der Waals surface area contributed by atoms with Gasteiger partial charge >= 0.3 is 0 Å². The van der Waals surface area contributed by atoms with E-state index in [0.717, 1.165) is 66.1 Å². The number of benzene rings is 8. The average molecular weight is 748 g/mol. The van der Waals surface area contributed by atoms with Gasteiger partial charge in [-0.25, -0.2) is 15.0 Å². The zero-order valence-electron chi connectivity index (χ0n) is 30.3. The second kappa shape index (κ2) is 12.6. The van der Waals surface area contributed by atoms with Crippen LogP contribution in [0, 0.1) is 0 Å². The van der Waals surface area contributed by atoms with E-state index in [2.05, 4.69) is 109 Å². The molecular formula is C51H29N3O2S. The Morgan fingerprint density at radius 2 is 0.947 bits per heavy atom. The van der Waals surface area contributed by atoms with E-state index in [1.54, 1.807) is 0 Å². The smallest absolute Gasteiger partial charge is 0.164 e. The van der Waals surface area contributed by atoms with E-state index in [-0.39, 0.29) is 0 Å². The molecule has 0 aliphatic carbocycles. The molecular weight excluding hydrogens is 719 g/mol. The summed E-state index contributed by atoms with van der Waals surface area (Å²) in [7, 11) is 0. The van der Waals surface area contributed by atoms with E-state index in [9.17, 15) is 0 Å². The summed E-state index contributed by atoms with van der Waals surface area (Å²) in [5.41, 5.74) is 10.6. The van der Waals surface area contributed by atoms with Gasteiger partial charge in [0.25, 0.3) is 0 Å². The highest BCUT2D eigenvalue weighted by Crippen LogP contribution is 2.44. The summed E-state index contributed by atoms with van der Waals surface area (Å²) in [5.74, 6) is 1.73. The van der Waals surface area contributed by atoms with Crippen molar-refractivity contribution in [1.82, 2.24) is 15.0 Å². The minimum Gasteiger partial charge on any atom is -0.456 e. The average Bonchev–Trinajstić information content (AvgIpc) is 3.97. The Morgan fingerprint density at radius 1 is 0.316 bits per heavy atom. The van der Waals surface area contributed by atoms with Crippen LogP contribution in [0.5, 0.6) is 0 Å². The lowest BCUT2D eigenvalue weighted by atomic mass is 9.96. The molecule has 0 radical (unpaired) electrons. The van der Waals surface area contributed by atoms with Crippen molar-refractivity contribution in [2.24, 2.45) is 0 Å². The third-order valence-electron chi connectivity index (χ3n) is 11.0. The van der Waals surface area contributed by atoms with Gasteiger partial charge in [-0.3, -0.25) is 0 Å². The number of nitrogens with zero attached hydrogens (tertiary/aromatic N) is 3. The molecule has 0 aliphatic rings. The number of hydrogen-bond donors (Lipinski definition) is 0. The first-order valence-electron chi connectivity index (χ1n) is 18.9. The van der Waals surface area contributed by atoms with Crippen LogP contribution in [0.3, 0.4) is 0 Å². The fraction of sp³-hybridized carbons (Fsp3) is 0. The number of fused-ring (bicyclic) bond motifs is 9. The second-order valence-electron chi connectivity index (χ2n) is 14.3. The first kappa shape index (κ1) is 31.9. The molecule has 0 spiro atoms. The highest BCUT2D eigenvalue weighted by atomic mass is 32.1. The fourth-order valence-electron chi connectivity index (χ4n) is 8.27. The monoisotopic (exact) mass is 747 g/mol. The van der Waals surface area contributed by atoms with E-state index in [0.29, 0.717) is 17.5 Å². The summed E-state index contributed by atoms with van der Waals surface area (Å²) in [6.45, 7) is 0. The van der Waals surface area contributed by atoms with E-state index in [1.165, 1.54) is 36.9 Å². The van der Waals surface area contributed by atoms with Crippen LogP contribution < -0.4 is 0 Å². The number of furan rings is 2. The molecule has 0 fully saturated rings. The van der Waals surface area contributed by atoms with Crippen LogP contribution in [0.2, 0.25) is 0 Å². The van der Waals surface area contributed by atoms with Crippen molar-refractivity contribution in [3.05, 3.63) is 176 Å². The van der Waals surface area contributed by atoms with Crippen molar-refractivity contribution in [3.63, 3.8) is 0 Å². The van der Waals surface area contributed by atoms with Crippen molar-refractivity contribution in [2.75, 3.05) is 0 Å². The second-order valence-corrected chi connectivity index (χ2v) is 15.4. The van der Waals surface area contributed by atoms with Gasteiger partial charge in [-0.1, -0.05) is 121 Å². The molecule has 0 aliphatic heterocycles. The van der Waals surface area contributed by atoms with Gasteiger partial charge in [0.15, 0.2) is 17.5 Å². The van der Waals surface area contributed by atoms with Crippen LogP contribution in [0.4, 0.5) is 0 Å². The van der Waals surface area contributed by atoms with Crippen LogP contribution in [0.25, 0.3) is 120 Å². The minimum absolute atomic E-state index is 0.567. The maximum atomic E-state index is 6.54. The molecule has 12 aromatic rings. The minimum atomic E-state index is 0.567. The Balaban J connectivity index is 1.05. The number of hydrogen-bond acceptors (Lipinski definition) is 6. The summed E-state index contributed by atoms with van der Waals surface area (Å²) in [6.07, 6.45) is 0. The quantitative estimate of drug-likeness (QED) is 0.175. The van der Waals surface area contributed by atoms with Crippen LogP contribution in [0.1, 0.15) is 0 Å². The van der Waals surface area contributed by atoms with Crippen molar-refractivity contribution in [1.29, 1.82) is 0 Å². The highest BCUT2D eigenvalue weighted by Gasteiger charge is 2.20. The summed E-state index contributed by atoms with van der Waals surface area (Å²) >= 11 is 1.84. The van der Waals surface area contributed by atoms with Crippen molar-refractivity contribution < 1.29 is 8.83 Å². The van der Waals surface area contributed by atoms with Gasteiger partial charge in [0.2, 0.25) is 0 Å². The standard InChI is InChI=1S/C51H29N3O2S/c1-3-11-30(12-4-1)32-23-26-45-40(27-32)48-35(16-10-20-46(48)57-45)33-22-25-42-39(28-33)47-38(17-9-19-43(47)55-42)51-53-49(31-13-5-2-6-14-31)52-50(54-51)34-21-24-37-36-15-7-8-18-41(36)56-44(37)29-34/h1-29H. The van der Waals surface area contributed by atoms with Gasteiger partial charge in [-0.05, 0) is 76.9 Å².